The fourth-order valence-corrected chi connectivity index (χ4v) is 2.58. The summed E-state index contributed by atoms with van der Waals surface area (Å²) >= 11 is 0. The molecule has 0 unspecified atom stereocenters. The second-order valence-corrected chi connectivity index (χ2v) is 5.48. The van der Waals surface area contributed by atoms with Crippen LogP contribution in [0.1, 0.15) is 30.5 Å². The molecule has 1 saturated heterocycles. The number of H-pyrrole nitrogens is 1. The minimum absolute atomic E-state index is 0.333. The molecule has 6 nitrogen and oxygen atoms in total. The largest absolute Gasteiger partial charge is 0.431 e. The van der Waals surface area contributed by atoms with Crippen LogP contribution in [0.15, 0.2) is 33.6 Å². The van der Waals surface area contributed by atoms with Crippen LogP contribution in [0.2, 0.25) is 0 Å². The molecule has 2 heterocycles. The third-order valence-corrected chi connectivity index (χ3v) is 3.85. The van der Waals surface area contributed by atoms with Gasteiger partial charge in [0.05, 0.1) is 0 Å². The average molecular weight is 289 g/mol. The molecule has 0 bridgehead atoms. The summed E-state index contributed by atoms with van der Waals surface area (Å²) in [6, 6.07) is 7.95. The molecule has 0 saturated carbocycles. The summed E-state index contributed by atoms with van der Waals surface area (Å²) in [7, 11) is 0. The zero-order valence-electron chi connectivity index (χ0n) is 12.3. The van der Waals surface area contributed by atoms with Crippen molar-refractivity contribution in [3.05, 3.63) is 45.9 Å². The van der Waals surface area contributed by atoms with Gasteiger partial charge in [0, 0.05) is 25.2 Å². The highest BCUT2D eigenvalue weighted by Gasteiger charge is 2.23. The van der Waals surface area contributed by atoms with Crippen molar-refractivity contribution in [2.45, 2.75) is 32.7 Å². The second-order valence-electron chi connectivity index (χ2n) is 5.48. The van der Waals surface area contributed by atoms with Gasteiger partial charge in [-0.2, -0.15) is 0 Å². The number of rotatable bonds is 4. The standard InChI is InChI=1S/C15H20N4O2/c1-12-5-7-13(8-6-12)19-14(15(20)21-17-19)11-16-18-9-3-2-4-10-18/h5-8,16H,2-4,9-11H2,1H3/p+1. The van der Waals surface area contributed by atoms with Gasteiger partial charge in [-0.05, 0) is 29.7 Å². The molecule has 0 atom stereocenters. The molecule has 21 heavy (non-hydrogen) atoms. The summed E-state index contributed by atoms with van der Waals surface area (Å²) in [6.07, 6.45) is 3.69. The van der Waals surface area contributed by atoms with Crippen molar-refractivity contribution in [1.29, 1.82) is 0 Å². The van der Waals surface area contributed by atoms with E-state index in [-0.39, 0.29) is 5.63 Å². The predicted octanol–water partition coefficient (Wildman–Crippen LogP) is 1.04. The van der Waals surface area contributed by atoms with E-state index in [9.17, 15) is 4.79 Å². The normalized spacial score (nSPS) is 16.2. The number of hydrazine groups is 1. The van der Waals surface area contributed by atoms with Crippen LogP contribution >= 0.6 is 0 Å². The fourth-order valence-electron chi connectivity index (χ4n) is 2.58. The third-order valence-electron chi connectivity index (χ3n) is 3.85. The summed E-state index contributed by atoms with van der Waals surface area (Å²) in [5, 5.41) is 4.84. The zero-order valence-corrected chi connectivity index (χ0v) is 12.3. The van der Waals surface area contributed by atoms with Gasteiger partial charge < -0.3 is 0 Å². The Morgan fingerprint density at radius 3 is 2.67 bits per heavy atom. The van der Waals surface area contributed by atoms with E-state index in [0.717, 1.165) is 18.8 Å². The molecule has 2 aromatic rings. The first-order valence-electron chi connectivity index (χ1n) is 7.42. The summed E-state index contributed by atoms with van der Waals surface area (Å²) in [5.74, 6) is 0. The maximum atomic E-state index is 11.9. The molecule has 1 aliphatic heterocycles. The number of aromatic amines is 1. The quantitative estimate of drug-likeness (QED) is 0.826. The van der Waals surface area contributed by atoms with Gasteiger partial charge in [0.25, 0.3) is 0 Å². The molecule has 1 aliphatic rings. The lowest BCUT2D eigenvalue weighted by Gasteiger charge is -2.26. The molecule has 1 aromatic carbocycles. The first-order chi connectivity index (χ1) is 10.2. The molecule has 0 aliphatic carbocycles. The molecular formula is C15H21N4O2+. The first-order valence-corrected chi connectivity index (χ1v) is 7.42. The number of aromatic nitrogens is 2. The Morgan fingerprint density at radius 2 is 1.95 bits per heavy atom. The van der Waals surface area contributed by atoms with Crippen LogP contribution in [-0.2, 0) is 6.54 Å². The molecular weight excluding hydrogens is 268 g/mol. The number of piperidine rings is 1. The summed E-state index contributed by atoms with van der Waals surface area (Å²) in [5.41, 5.74) is 5.63. The molecule has 6 heteroatoms. The SMILES string of the molecule is Cc1ccc(-[n+]2[nH]oc(=O)c2CNN2CCCCC2)cc1. The Morgan fingerprint density at radius 1 is 1.24 bits per heavy atom. The van der Waals surface area contributed by atoms with Gasteiger partial charge in [-0.3, -0.25) is 4.52 Å². The van der Waals surface area contributed by atoms with Crippen molar-refractivity contribution in [3.8, 4) is 5.69 Å². The molecule has 2 N–H and O–H groups in total. The van der Waals surface area contributed by atoms with Gasteiger partial charge >= 0.3 is 11.3 Å². The van der Waals surface area contributed by atoms with E-state index < -0.39 is 0 Å². The van der Waals surface area contributed by atoms with Gasteiger partial charge in [0.2, 0.25) is 5.69 Å². The second kappa shape index (κ2) is 6.24. The fraction of sp³-hybridized carbons (Fsp3) is 0.467. The monoisotopic (exact) mass is 289 g/mol. The van der Waals surface area contributed by atoms with Crippen molar-refractivity contribution in [3.63, 3.8) is 0 Å². The first kappa shape index (κ1) is 14.0. The van der Waals surface area contributed by atoms with E-state index in [1.807, 2.05) is 31.2 Å². The Bertz CT molecular complexity index is 638. The third kappa shape index (κ3) is 3.22. The highest BCUT2D eigenvalue weighted by Crippen LogP contribution is 2.06. The summed E-state index contributed by atoms with van der Waals surface area (Å²) in [6.45, 7) is 4.55. The Labute approximate surface area is 123 Å². The van der Waals surface area contributed by atoms with Gasteiger partial charge in [-0.15, -0.1) is 0 Å². The minimum atomic E-state index is -0.333. The van der Waals surface area contributed by atoms with Crippen LogP contribution in [0.4, 0.5) is 0 Å². The topological polar surface area (TPSA) is 65.2 Å². The lowest BCUT2D eigenvalue weighted by molar-refractivity contribution is -0.677. The molecule has 0 radical (unpaired) electrons. The lowest BCUT2D eigenvalue weighted by atomic mass is 10.2. The minimum Gasteiger partial charge on any atom is -0.283 e. The van der Waals surface area contributed by atoms with Crippen LogP contribution in [0.25, 0.3) is 5.69 Å². The lowest BCUT2D eigenvalue weighted by Crippen LogP contribution is -2.46. The van der Waals surface area contributed by atoms with Gasteiger partial charge in [-0.25, -0.2) is 15.2 Å². The predicted molar refractivity (Wildman–Crippen MR) is 77.9 cm³/mol. The Balaban J connectivity index is 1.77. The molecule has 0 amide bonds. The van der Waals surface area contributed by atoms with Gasteiger partial charge in [-0.1, -0.05) is 24.1 Å². The highest BCUT2D eigenvalue weighted by atomic mass is 16.5. The zero-order chi connectivity index (χ0) is 14.7. The van der Waals surface area contributed by atoms with Crippen molar-refractivity contribution < 1.29 is 9.20 Å². The number of benzene rings is 1. The molecule has 0 spiro atoms. The summed E-state index contributed by atoms with van der Waals surface area (Å²) < 4.78 is 6.64. The Hall–Kier alpha value is -1.92. The van der Waals surface area contributed by atoms with E-state index in [4.69, 9.17) is 4.52 Å². The van der Waals surface area contributed by atoms with E-state index in [0.29, 0.717) is 12.2 Å². The number of hydrogen-bond acceptors (Lipinski definition) is 4. The van der Waals surface area contributed by atoms with Gasteiger partial charge in [0.1, 0.15) is 6.54 Å². The van der Waals surface area contributed by atoms with E-state index >= 15 is 0 Å². The molecule has 3 rings (SSSR count). The maximum Gasteiger partial charge on any atom is 0.431 e. The number of hydrogen-bond donors (Lipinski definition) is 2. The van der Waals surface area contributed by atoms with Gasteiger partial charge in [0.15, 0.2) is 0 Å². The van der Waals surface area contributed by atoms with Crippen molar-refractivity contribution in [1.82, 2.24) is 15.7 Å². The Kier molecular flexibility index (Phi) is 4.17. The van der Waals surface area contributed by atoms with E-state index in [1.165, 1.54) is 24.8 Å². The highest BCUT2D eigenvalue weighted by molar-refractivity contribution is 5.26. The van der Waals surface area contributed by atoms with Crippen LogP contribution < -0.4 is 15.7 Å². The van der Waals surface area contributed by atoms with Crippen LogP contribution in [-0.4, -0.2) is 23.4 Å². The average Bonchev–Trinajstić information content (AvgIpc) is 2.88. The van der Waals surface area contributed by atoms with Crippen molar-refractivity contribution in [2.24, 2.45) is 0 Å². The van der Waals surface area contributed by atoms with Crippen LogP contribution in [0, 0.1) is 6.92 Å². The number of aryl methyl sites for hydroxylation is 1. The van der Waals surface area contributed by atoms with Crippen molar-refractivity contribution in [2.75, 3.05) is 13.1 Å². The van der Waals surface area contributed by atoms with Crippen molar-refractivity contribution >= 4 is 0 Å². The van der Waals surface area contributed by atoms with E-state index in [1.54, 1.807) is 4.68 Å². The smallest absolute Gasteiger partial charge is 0.283 e. The van der Waals surface area contributed by atoms with E-state index in [2.05, 4.69) is 15.7 Å². The molecule has 1 fully saturated rings. The number of nitrogens with one attached hydrogen (secondary N) is 2. The van der Waals surface area contributed by atoms with Crippen LogP contribution in [0.3, 0.4) is 0 Å². The number of nitrogens with zero attached hydrogens (tertiary/aromatic N) is 2. The molecule has 112 valence electrons. The summed E-state index contributed by atoms with van der Waals surface area (Å²) in [4.78, 5) is 11.9. The molecule has 1 aromatic heterocycles. The maximum absolute atomic E-state index is 11.9. The van der Waals surface area contributed by atoms with Crippen LogP contribution in [0.5, 0.6) is 0 Å².